The van der Waals surface area contributed by atoms with Crippen LogP contribution in [0.5, 0.6) is 0 Å². The van der Waals surface area contributed by atoms with E-state index in [0.717, 1.165) is 48.9 Å². The van der Waals surface area contributed by atoms with Crippen LogP contribution in [0.4, 0.5) is 0 Å². The highest BCUT2D eigenvalue weighted by atomic mass is 79.9. The third-order valence-electron chi connectivity index (χ3n) is 3.45. The molecule has 0 saturated carbocycles. The van der Waals surface area contributed by atoms with Crippen LogP contribution < -0.4 is 0 Å². The molecular weight excluding hydrogens is 451 g/mol. The second kappa shape index (κ2) is 18.8. The quantitative estimate of drug-likeness (QED) is 0.198. The summed E-state index contributed by atoms with van der Waals surface area (Å²) in [7, 11) is -0.210. The molecule has 0 aromatic carbocycles. The Balaban J connectivity index is 0.000000434. The van der Waals surface area contributed by atoms with Crippen LogP contribution in [0.1, 0.15) is 66.2 Å². The largest absolute Gasteiger partial charge is 0.485 e. The van der Waals surface area contributed by atoms with Gasteiger partial charge in [-0.25, -0.2) is 0 Å². The molecule has 164 valence electrons. The van der Waals surface area contributed by atoms with E-state index in [4.69, 9.17) is 18.1 Å². The van der Waals surface area contributed by atoms with Gasteiger partial charge in [-0.2, -0.15) is 0 Å². The zero-order valence-corrected chi connectivity index (χ0v) is 19.3. The van der Waals surface area contributed by atoms with E-state index in [2.05, 4.69) is 42.9 Å². The van der Waals surface area contributed by atoms with E-state index < -0.39 is 0 Å². The number of hydrogen-bond acceptors (Lipinski definition) is 6. The van der Waals surface area contributed by atoms with Gasteiger partial charge < -0.3 is 18.1 Å². The maximum absolute atomic E-state index is 10.0. The summed E-state index contributed by atoms with van der Waals surface area (Å²) < 4.78 is 21.1. The van der Waals surface area contributed by atoms with Crippen molar-refractivity contribution in [2.24, 2.45) is 0 Å². The molecule has 0 atom stereocenters. The van der Waals surface area contributed by atoms with Crippen molar-refractivity contribution in [3.05, 3.63) is 65.3 Å². The van der Waals surface area contributed by atoms with E-state index >= 15 is 0 Å². The maximum Gasteiger partial charge on any atom is 0.485 e. The zero-order chi connectivity index (χ0) is 22.6. The van der Waals surface area contributed by atoms with E-state index in [9.17, 15) is 9.59 Å². The van der Waals surface area contributed by atoms with E-state index in [1.807, 2.05) is 0 Å². The fraction of sp³-hybridized carbons (Fsp3) is 0.364. The van der Waals surface area contributed by atoms with Gasteiger partial charge in [0.25, 0.3) is 0 Å². The molecule has 0 unspecified atom stereocenters. The number of aldehydes is 2. The molecule has 0 fully saturated rings. The van der Waals surface area contributed by atoms with Crippen molar-refractivity contribution in [2.45, 2.75) is 39.5 Å². The highest BCUT2D eigenvalue weighted by Gasteiger charge is 2.11. The lowest BCUT2D eigenvalue weighted by Gasteiger charge is -2.10. The SMILES string of the molecule is C=CB(OCCCC)OCCCC.C=Cc1coc(C=O)c1.O=Cc1cc(Br)co1. The molecule has 2 heterocycles. The molecule has 2 aromatic heterocycles. The van der Waals surface area contributed by atoms with Gasteiger partial charge in [0, 0.05) is 24.8 Å². The Morgan fingerprint density at radius 2 is 1.50 bits per heavy atom. The van der Waals surface area contributed by atoms with Gasteiger partial charge in [0.1, 0.15) is 6.26 Å². The van der Waals surface area contributed by atoms with Crippen molar-refractivity contribution in [3.8, 4) is 0 Å². The summed E-state index contributed by atoms with van der Waals surface area (Å²) in [5.74, 6) is 2.40. The van der Waals surface area contributed by atoms with Gasteiger partial charge in [-0.15, -0.1) is 6.58 Å². The number of unbranched alkanes of at least 4 members (excludes halogenated alkanes) is 2. The van der Waals surface area contributed by atoms with Gasteiger partial charge in [0.2, 0.25) is 0 Å². The molecule has 8 heteroatoms. The fourth-order valence-corrected chi connectivity index (χ4v) is 2.12. The van der Waals surface area contributed by atoms with Gasteiger partial charge >= 0.3 is 7.12 Å². The van der Waals surface area contributed by atoms with Crippen molar-refractivity contribution in [1.82, 2.24) is 0 Å². The second-order valence-electron chi connectivity index (χ2n) is 5.94. The second-order valence-corrected chi connectivity index (χ2v) is 6.86. The molecule has 6 nitrogen and oxygen atoms in total. The smallest absolute Gasteiger partial charge is 0.461 e. The lowest BCUT2D eigenvalue weighted by Crippen LogP contribution is -2.21. The first-order valence-corrected chi connectivity index (χ1v) is 10.5. The topological polar surface area (TPSA) is 78.9 Å². The third kappa shape index (κ3) is 13.9. The Bertz CT molecular complexity index is 692. The maximum atomic E-state index is 10.0. The molecule has 0 amide bonds. The average Bonchev–Trinajstić information content (AvgIpc) is 3.42. The van der Waals surface area contributed by atoms with Crippen LogP contribution in [0.3, 0.4) is 0 Å². The Morgan fingerprint density at radius 3 is 1.80 bits per heavy atom. The minimum atomic E-state index is -0.210. The monoisotopic (exact) mass is 480 g/mol. The van der Waals surface area contributed by atoms with E-state index in [1.54, 1.807) is 24.2 Å². The number of carbonyl (C=O) groups excluding carboxylic acids is 2. The molecule has 0 aliphatic heterocycles. The minimum Gasteiger partial charge on any atom is -0.461 e. The molecule has 2 rings (SSSR count). The molecular formula is C22H30BBrO6. The van der Waals surface area contributed by atoms with Crippen LogP contribution in [0.15, 0.2) is 57.1 Å². The molecule has 0 radical (unpaired) electrons. The summed E-state index contributed by atoms with van der Waals surface area (Å²) >= 11 is 3.12. The van der Waals surface area contributed by atoms with Crippen LogP contribution in [0.25, 0.3) is 6.08 Å². The fourth-order valence-electron chi connectivity index (χ4n) is 1.80. The summed E-state index contributed by atoms with van der Waals surface area (Å²) in [6.07, 6.45) is 10.4. The lowest BCUT2D eigenvalue weighted by molar-refractivity contribution is 0.109. The van der Waals surface area contributed by atoms with E-state index in [-0.39, 0.29) is 7.12 Å². The van der Waals surface area contributed by atoms with Gasteiger partial charge in [0.15, 0.2) is 24.1 Å². The van der Waals surface area contributed by atoms with Crippen LogP contribution in [-0.4, -0.2) is 32.9 Å². The number of halogens is 1. The van der Waals surface area contributed by atoms with Crippen molar-refractivity contribution in [3.63, 3.8) is 0 Å². The Kier molecular flexibility index (Phi) is 17.5. The highest BCUT2D eigenvalue weighted by molar-refractivity contribution is 9.10. The summed E-state index contributed by atoms with van der Waals surface area (Å²) in [4.78, 5) is 19.9. The molecule has 2 aromatic rings. The summed E-state index contributed by atoms with van der Waals surface area (Å²) in [6.45, 7) is 13.0. The van der Waals surface area contributed by atoms with Crippen LogP contribution >= 0.6 is 15.9 Å². The third-order valence-corrected chi connectivity index (χ3v) is 3.86. The first kappa shape index (κ1) is 27.8. The first-order valence-electron chi connectivity index (χ1n) is 9.75. The van der Waals surface area contributed by atoms with Gasteiger partial charge in [0.05, 0.1) is 10.7 Å². The van der Waals surface area contributed by atoms with Crippen LogP contribution in [0.2, 0.25) is 0 Å². The standard InChI is InChI=1S/C10H21BO2.C7H6O2.C5H3BrO2/c1-4-7-9-12-11(6-3)13-10-8-5-2;1-2-6-3-7(4-8)9-5-6;6-4-1-5(2-7)8-3-4/h6H,3-5,7-10H2,1-2H3;2-5H,1H2;1-3H. The predicted molar refractivity (Wildman–Crippen MR) is 124 cm³/mol. The summed E-state index contributed by atoms with van der Waals surface area (Å²) in [5.41, 5.74) is 0.831. The van der Waals surface area contributed by atoms with E-state index in [1.165, 1.54) is 12.5 Å². The van der Waals surface area contributed by atoms with Crippen molar-refractivity contribution >= 4 is 41.7 Å². The van der Waals surface area contributed by atoms with Gasteiger partial charge in [-0.05, 0) is 34.8 Å². The predicted octanol–water partition coefficient (Wildman–Crippen LogP) is 6.42. The number of furan rings is 2. The first-order chi connectivity index (χ1) is 14.5. The Labute approximate surface area is 187 Å². The molecule has 0 saturated heterocycles. The minimum absolute atomic E-state index is 0.210. The molecule has 30 heavy (non-hydrogen) atoms. The van der Waals surface area contributed by atoms with Crippen molar-refractivity contribution in [1.29, 1.82) is 0 Å². The zero-order valence-electron chi connectivity index (χ0n) is 17.7. The van der Waals surface area contributed by atoms with Gasteiger partial charge in [-0.1, -0.05) is 45.3 Å². The normalized spacial score (nSPS) is 9.43. The highest BCUT2D eigenvalue weighted by Crippen LogP contribution is 2.11. The Hall–Kier alpha value is -2.16. The number of hydrogen-bond donors (Lipinski definition) is 0. The van der Waals surface area contributed by atoms with Crippen LogP contribution in [-0.2, 0) is 9.31 Å². The van der Waals surface area contributed by atoms with Crippen molar-refractivity contribution < 1.29 is 27.7 Å². The number of carbonyl (C=O) groups is 2. The molecule has 0 N–H and O–H groups in total. The number of rotatable bonds is 12. The average molecular weight is 481 g/mol. The molecule has 0 aliphatic carbocycles. The summed E-state index contributed by atoms with van der Waals surface area (Å²) in [5, 5.41) is 0. The van der Waals surface area contributed by atoms with Crippen molar-refractivity contribution in [2.75, 3.05) is 13.2 Å². The molecule has 0 spiro atoms. The molecule has 0 bridgehead atoms. The van der Waals surface area contributed by atoms with Gasteiger partial charge in [-0.3, -0.25) is 9.59 Å². The lowest BCUT2D eigenvalue weighted by atomic mass is 9.91. The Morgan fingerprint density at radius 1 is 0.967 bits per heavy atom. The molecule has 0 aliphatic rings. The van der Waals surface area contributed by atoms with Crippen LogP contribution in [0, 0.1) is 0 Å². The van der Waals surface area contributed by atoms with E-state index in [0.29, 0.717) is 24.1 Å². The summed E-state index contributed by atoms with van der Waals surface area (Å²) in [6, 6.07) is 3.23.